The number of aromatic nitrogens is 1. The van der Waals surface area contributed by atoms with Crippen LogP contribution in [0.2, 0.25) is 0 Å². The molecule has 5 nitrogen and oxygen atoms in total. The van der Waals surface area contributed by atoms with Crippen LogP contribution in [0, 0.1) is 0 Å². The first-order valence-electron chi connectivity index (χ1n) is 3.35. The van der Waals surface area contributed by atoms with Gasteiger partial charge in [-0.3, -0.25) is 10.5 Å². The fourth-order valence-corrected chi connectivity index (χ4v) is 0.627. The number of carbonyl (C=O) groups excluding carboxylic acids is 1. The Labute approximate surface area is 69.6 Å². The maximum Gasteiger partial charge on any atom is 0.346 e. The fourth-order valence-electron chi connectivity index (χ4n) is 0.627. The third-order valence-electron chi connectivity index (χ3n) is 1.19. The van der Waals surface area contributed by atoms with Gasteiger partial charge in [-0.25, -0.2) is 14.8 Å². The van der Waals surface area contributed by atoms with E-state index in [1.54, 1.807) is 24.4 Å². The van der Waals surface area contributed by atoms with E-state index >= 15 is 0 Å². The van der Waals surface area contributed by atoms with E-state index in [1.807, 2.05) is 0 Å². The van der Waals surface area contributed by atoms with Crippen molar-refractivity contribution in [3.05, 3.63) is 24.4 Å². The van der Waals surface area contributed by atoms with E-state index in [0.29, 0.717) is 10.9 Å². The molecule has 0 saturated heterocycles. The van der Waals surface area contributed by atoms with Crippen molar-refractivity contribution in [3.63, 3.8) is 0 Å². The van der Waals surface area contributed by atoms with E-state index in [0.717, 1.165) is 0 Å². The molecular formula is C7H9N3O2. The van der Waals surface area contributed by atoms with Gasteiger partial charge < -0.3 is 0 Å². The number of amides is 2. The Balaban J connectivity index is 2.59. The quantitative estimate of drug-likeness (QED) is 0.483. The summed E-state index contributed by atoms with van der Waals surface area (Å²) in [6.45, 7) is 0. The molecular weight excluding hydrogens is 158 g/mol. The maximum atomic E-state index is 10.8. The molecule has 0 unspecified atom stereocenters. The van der Waals surface area contributed by atoms with Crippen LogP contribution < -0.4 is 5.32 Å². The Morgan fingerprint density at radius 3 is 2.92 bits per heavy atom. The lowest BCUT2D eigenvalue weighted by Gasteiger charge is -2.08. The molecule has 2 amide bonds. The third-order valence-corrected chi connectivity index (χ3v) is 1.19. The normalized spacial score (nSPS) is 9.17. The summed E-state index contributed by atoms with van der Waals surface area (Å²) in [7, 11) is 1.23. The van der Waals surface area contributed by atoms with Gasteiger partial charge in [0.25, 0.3) is 0 Å². The zero-order chi connectivity index (χ0) is 8.97. The van der Waals surface area contributed by atoms with Gasteiger partial charge in [-0.1, -0.05) is 6.07 Å². The molecule has 0 aliphatic heterocycles. The highest BCUT2D eigenvalue weighted by Gasteiger charge is 2.04. The van der Waals surface area contributed by atoms with Gasteiger partial charge in [-0.15, -0.1) is 0 Å². The second kappa shape index (κ2) is 3.68. The number of hydrogen-bond acceptors (Lipinski definition) is 3. The summed E-state index contributed by atoms with van der Waals surface area (Å²) in [5.41, 5.74) is 0. The van der Waals surface area contributed by atoms with E-state index in [4.69, 9.17) is 5.21 Å². The molecule has 1 aromatic heterocycles. The van der Waals surface area contributed by atoms with Crippen molar-refractivity contribution in [1.82, 2.24) is 10.0 Å². The van der Waals surface area contributed by atoms with Crippen LogP contribution in [0.15, 0.2) is 24.4 Å². The van der Waals surface area contributed by atoms with E-state index in [9.17, 15) is 4.79 Å². The van der Waals surface area contributed by atoms with Gasteiger partial charge in [0.1, 0.15) is 5.82 Å². The van der Waals surface area contributed by atoms with E-state index in [1.165, 1.54) is 7.05 Å². The van der Waals surface area contributed by atoms with E-state index < -0.39 is 6.03 Å². The number of carbonyl (C=O) groups is 1. The predicted octanol–water partition coefficient (Wildman–Crippen LogP) is 0.935. The Morgan fingerprint density at radius 1 is 1.67 bits per heavy atom. The summed E-state index contributed by atoms with van der Waals surface area (Å²) in [5, 5.41) is 11.5. The van der Waals surface area contributed by atoms with Crippen LogP contribution in [-0.4, -0.2) is 28.3 Å². The van der Waals surface area contributed by atoms with E-state index in [2.05, 4.69) is 10.3 Å². The topological polar surface area (TPSA) is 65.5 Å². The predicted molar refractivity (Wildman–Crippen MR) is 42.8 cm³/mol. The van der Waals surface area contributed by atoms with Crippen LogP contribution in [0.3, 0.4) is 0 Å². The first-order valence-corrected chi connectivity index (χ1v) is 3.35. The van der Waals surface area contributed by atoms with Crippen LogP contribution >= 0.6 is 0 Å². The highest BCUT2D eigenvalue weighted by molar-refractivity contribution is 5.87. The number of anilines is 1. The second-order valence-electron chi connectivity index (χ2n) is 2.17. The van der Waals surface area contributed by atoms with Crippen LogP contribution in [0.1, 0.15) is 0 Å². The van der Waals surface area contributed by atoms with Gasteiger partial charge in [0.15, 0.2) is 0 Å². The summed E-state index contributed by atoms with van der Waals surface area (Å²) in [6, 6.07) is 4.48. The van der Waals surface area contributed by atoms with Crippen molar-refractivity contribution in [2.45, 2.75) is 0 Å². The molecule has 2 N–H and O–H groups in total. The summed E-state index contributed by atoms with van der Waals surface area (Å²) in [4.78, 5) is 14.7. The van der Waals surface area contributed by atoms with E-state index in [-0.39, 0.29) is 0 Å². The summed E-state index contributed by atoms with van der Waals surface area (Å²) in [6.07, 6.45) is 1.55. The first-order chi connectivity index (χ1) is 5.70. The number of rotatable bonds is 1. The van der Waals surface area contributed by atoms with Crippen molar-refractivity contribution in [3.8, 4) is 0 Å². The minimum absolute atomic E-state index is 0.406. The number of hydroxylamine groups is 2. The van der Waals surface area contributed by atoms with Gasteiger partial charge >= 0.3 is 6.03 Å². The lowest BCUT2D eigenvalue weighted by atomic mass is 10.5. The highest BCUT2D eigenvalue weighted by atomic mass is 16.5. The molecule has 0 bridgehead atoms. The average molecular weight is 167 g/mol. The monoisotopic (exact) mass is 167 g/mol. The van der Waals surface area contributed by atoms with Crippen molar-refractivity contribution in [2.75, 3.05) is 12.4 Å². The molecule has 0 fully saturated rings. The summed E-state index contributed by atoms with van der Waals surface area (Å²) in [5.74, 6) is 0.406. The largest absolute Gasteiger partial charge is 0.346 e. The van der Waals surface area contributed by atoms with Crippen molar-refractivity contribution >= 4 is 11.8 Å². The molecule has 0 saturated carbocycles. The highest BCUT2D eigenvalue weighted by Crippen LogP contribution is 1.99. The van der Waals surface area contributed by atoms with Gasteiger partial charge in [0.05, 0.1) is 0 Å². The number of hydrogen-bond donors (Lipinski definition) is 2. The molecule has 64 valence electrons. The van der Waals surface area contributed by atoms with Crippen molar-refractivity contribution in [1.29, 1.82) is 0 Å². The Kier molecular flexibility index (Phi) is 2.60. The molecule has 0 atom stereocenters. The standard InChI is InChI=1S/C7H9N3O2/c1-10(12)7(11)9-6-4-2-3-5-8-6/h2-5,12H,1H3,(H,8,9,11). The third kappa shape index (κ3) is 2.21. The average Bonchev–Trinajstić information content (AvgIpc) is 2.06. The first kappa shape index (κ1) is 8.48. The molecule has 1 aromatic rings. The Morgan fingerprint density at radius 2 is 2.42 bits per heavy atom. The molecule has 5 heteroatoms. The number of pyridine rings is 1. The number of nitrogens with zero attached hydrogens (tertiary/aromatic N) is 2. The summed E-state index contributed by atoms with van der Waals surface area (Å²) >= 11 is 0. The molecule has 0 spiro atoms. The Bertz CT molecular complexity index is 261. The lowest BCUT2D eigenvalue weighted by molar-refractivity contribution is -0.0118. The molecule has 1 rings (SSSR count). The molecule has 0 aliphatic carbocycles. The van der Waals surface area contributed by atoms with Crippen LogP contribution in [0.25, 0.3) is 0 Å². The zero-order valence-electron chi connectivity index (χ0n) is 6.56. The molecule has 1 heterocycles. The summed E-state index contributed by atoms with van der Waals surface area (Å²) < 4.78 is 0. The zero-order valence-corrected chi connectivity index (χ0v) is 6.56. The maximum absolute atomic E-state index is 10.8. The van der Waals surface area contributed by atoms with Gasteiger partial charge in [-0.05, 0) is 12.1 Å². The minimum atomic E-state index is -0.617. The molecule has 0 radical (unpaired) electrons. The van der Waals surface area contributed by atoms with Crippen molar-refractivity contribution < 1.29 is 10.0 Å². The SMILES string of the molecule is CN(O)C(=O)Nc1ccccn1. The minimum Gasteiger partial charge on any atom is -0.290 e. The van der Waals surface area contributed by atoms with Gasteiger partial charge in [0, 0.05) is 13.2 Å². The second-order valence-corrected chi connectivity index (χ2v) is 2.17. The molecule has 0 aromatic carbocycles. The lowest BCUT2D eigenvalue weighted by Crippen LogP contribution is -2.28. The van der Waals surface area contributed by atoms with Gasteiger partial charge in [0.2, 0.25) is 0 Å². The molecule has 0 aliphatic rings. The number of urea groups is 1. The fraction of sp³-hybridized carbons (Fsp3) is 0.143. The number of nitrogens with one attached hydrogen (secondary N) is 1. The van der Waals surface area contributed by atoms with Crippen LogP contribution in [0.5, 0.6) is 0 Å². The van der Waals surface area contributed by atoms with Crippen molar-refractivity contribution in [2.24, 2.45) is 0 Å². The smallest absolute Gasteiger partial charge is 0.290 e. The van der Waals surface area contributed by atoms with Crippen LogP contribution in [-0.2, 0) is 0 Å². The Hall–Kier alpha value is -1.62. The van der Waals surface area contributed by atoms with Crippen LogP contribution in [0.4, 0.5) is 10.6 Å². The molecule has 12 heavy (non-hydrogen) atoms. The van der Waals surface area contributed by atoms with Gasteiger partial charge in [-0.2, -0.15) is 0 Å².